The lowest BCUT2D eigenvalue weighted by Crippen LogP contribution is -2.24. The van der Waals surface area contributed by atoms with E-state index in [4.69, 9.17) is 0 Å². The summed E-state index contributed by atoms with van der Waals surface area (Å²) in [7, 11) is -2.07. The Morgan fingerprint density at radius 1 is 1.35 bits per heavy atom. The first-order valence-corrected chi connectivity index (χ1v) is 6.87. The fraction of sp³-hybridized carbons (Fsp3) is 0.455. The highest BCUT2D eigenvalue weighted by Gasteiger charge is 2.20. The number of nitrogens with one attached hydrogen (secondary N) is 1. The van der Waals surface area contributed by atoms with Crippen LogP contribution in [0.25, 0.3) is 0 Å². The number of sulfone groups is 1. The average molecular weight is 263 g/mol. The molecular formula is C11H15F2NO2S. The lowest BCUT2D eigenvalue weighted by Gasteiger charge is -2.10. The molecule has 0 aliphatic rings. The quantitative estimate of drug-likeness (QED) is 0.880. The molecule has 1 unspecified atom stereocenters. The highest BCUT2D eigenvalue weighted by molar-refractivity contribution is 7.91. The molecule has 1 N–H and O–H groups in total. The van der Waals surface area contributed by atoms with Crippen LogP contribution in [0.2, 0.25) is 0 Å². The van der Waals surface area contributed by atoms with Crippen LogP contribution >= 0.6 is 0 Å². The molecular weight excluding hydrogens is 248 g/mol. The van der Waals surface area contributed by atoms with Crippen molar-refractivity contribution < 1.29 is 17.2 Å². The van der Waals surface area contributed by atoms with E-state index in [1.54, 1.807) is 7.05 Å². The van der Waals surface area contributed by atoms with Crippen molar-refractivity contribution in [3.63, 3.8) is 0 Å². The smallest absolute Gasteiger partial charge is 0.181 e. The summed E-state index contributed by atoms with van der Waals surface area (Å²) in [5.41, 5.74) is 0. The van der Waals surface area contributed by atoms with E-state index in [0.717, 1.165) is 12.1 Å². The van der Waals surface area contributed by atoms with Crippen LogP contribution in [-0.4, -0.2) is 27.3 Å². The van der Waals surface area contributed by atoms with Gasteiger partial charge >= 0.3 is 0 Å². The molecule has 3 nitrogen and oxygen atoms in total. The average Bonchev–Trinajstić information content (AvgIpc) is 2.29. The van der Waals surface area contributed by atoms with E-state index < -0.39 is 26.4 Å². The molecule has 0 spiro atoms. The zero-order chi connectivity index (χ0) is 13.1. The van der Waals surface area contributed by atoms with Gasteiger partial charge in [-0.1, -0.05) is 0 Å². The minimum Gasteiger partial charge on any atom is -0.317 e. The Morgan fingerprint density at radius 3 is 2.59 bits per heavy atom. The van der Waals surface area contributed by atoms with Crippen LogP contribution in [0.1, 0.15) is 13.3 Å². The van der Waals surface area contributed by atoms with Crippen molar-refractivity contribution in [2.24, 2.45) is 0 Å². The van der Waals surface area contributed by atoms with Crippen molar-refractivity contribution in [1.82, 2.24) is 5.32 Å². The first kappa shape index (κ1) is 14.1. The van der Waals surface area contributed by atoms with Gasteiger partial charge in [0.1, 0.15) is 16.5 Å². The van der Waals surface area contributed by atoms with Crippen molar-refractivity contribution in [2.45, 2.75) is 24.3 Å². The highest BCUT2D eigenvalue weighted by atomic mass is 32.2. The molecule has 17 heavy (non-hydrogen) atoms. The van der Waals surface area contributed by atoms with Gasteiger partial charge in [-0.05, 0) is 38.6 Å². The summed E-state index contributed by atoms with van der Waals surface area (Å²) < 4.78 is 49.8. The molecule has 0 aromatic heterocycles. The Bertz CT molecular complexity index is 488. The van der Waals surface area contributed by atoms with Crippen LogP contribution in [0.5, 0.6) is 0 Å². The minimum absolute atomic E-state index is 0.00129. The van der Waals surface area contributed by atoms with Gasteiger partial charge in [-0.2, -0.15) is 0 Å². The van der Waals surface area contributed by atoms with Gasteiger partial charge in [0.15, 0.2) is 9.84 Å². The molecule has 0 amide bonds. The summed E-state index contributed by atoms with van der Waals surface area (Å²) in [5, 5.41) is 2.88. The van der Waals surface area contributed by atoms with Gasteiger partial charge in [0.2, 0.25) is 0 Å². The number of halogens is 2. The molecule has 1 rings (SSSR count). The predicted molar refractivity (Wildman–Crippen MR) is 61.5 cm³/mol. The van der Waals surface area contributed by atoms with Crippen LogP contribution in [0, 0.1) is 11.6 Å². The zero-order valence-electron chi connectivity index (χ0n) is 9.70. The van der Waals surface area contributed by atoms with E-state index in [-0.39, 0.29) is 11.8 Å². The van der Waals surface area contributed by atoms with Crippen molar-refractivity contribution in [2.75, 3.05) is 12.8 Å². The van der Waals surface area contributed by atoms with Crippen LogP contribution in [0.4, 0.5) is 8.78 Å². The topological polar surface area (TPSA) is 46.2 Å². The van der Waals surface area contributed by atoms with Crippen molar-refractivity contribution in [3.8, 4) is 0 Å². The first-order chi connectivity index (χ1) is 7.86. The second-order valence-electron chi connectivity index (χ2n) is 3.87. The van der Waals surface area contributed by atoms with E-state index >= 15 is 0 Å². The summed E-state index contributed by atoms with van der Waals surface area (Å²) in [6.07, 6.45) is 0.342. The van der Waals surface area contributed by atoms with Gasteiger partial charge < -0.3 is 5.32 Å². The monoisotopic (exact) mass is 263 g/mol. The third kappa shape index (κ3) is 3.74. The lowest BCUT2D eigenvalue weighted by atomic mass is 10.3. The fourth-order valence-corrected chi connectivity index (χ4v) is 2.84. The van der Waals surface area contributed by atoms with E-state index in [2.05, 4.69) is 5.32 Å². The first-order valence-electron chi connectivity index (χ1n) is 5.22. The normalized spacial score (nSPS) is 13.6. The molecule has 1 aromatic carbocycles. The largest absolute Gasteiger partial charge is 0.317 e. The molecule has 96 valence electrons. The Morgan fingerprint density at radius 2 is 2.00 bits per heavy atom. The molecule has 0 bridgehead atoms. The summed E-state index contributed by atoms with van der Waals surface area (Å²) in [4.78, 5) is -0.569. The van der Waals surface area contributed by atoms with Crippen molar-refractivity contribution in [1.29, 1.82) is 0 Å². The van der Waals surface area contributed by atoms with E-state index in [0.29, 0.717) is 12.5 Å². The molecule has 0 fully saturated rings. The minimum atomic E-state index is -3.77. The maximum absolute atomic E-state index is 13.3. The highest BCUT2D eigenvalue weighted by Crippen LogP contribution is 2.18. The lowest BCUT2D eigenvalue weighted by molar-refractivity contribution is 0.543. The maximum atomic E-state index is 13.3. The van der Waals surface area contributed by atoms with Crippen LogP contribution in [0.15, 0.2) is 23.1 Å². The third-order valence-corrected chi connectivity index (χ3v) is 4.30. The number of rotatable bonds is 5. The van der Waals surface area contributed by atoms with Crippen LogP contribution in [0.3, 0.4) is 0 Å². The van der Waals surface area contributed by atoms with Gasteiger partial charge in [-0.15, -0.1) is 0 Å². The van der Waals surface area contributed by atoms with Gasteiger partial charge in [0.05, 0.1) is 5.75 Å². The molecule has 0 heterocycles. The molecule has 0 radical (unpaired) electrons. The Labute approximate surface area is 99.8 Å². The maximum Gasteiger partial charge on any atom is 0.181 e. The van der Waals surface area contributed by atoms with Gasteiger partial charge in [-0.3, -0.25) is 0 Å². The van der Waals surface area contributed by atoms with Gasteiger partial charge in [0, 0.05) is 6.04 Å². The molecule has 0 aliphatic carbocycles. The second kappa shape index (κ2) is 5.55. The van der Waals surface area contributed by atoms with E-state index in [1.165, 1.54) is 0 Å². The fourth-order valence-electron chi connectivity index (χ4n) is 1.30. The third-order valence-electron chi connectivity index (χ3n) is 2.54. The molecule has 1 atom stereocenters. The summed E-state index contributed by atoms with van der Waals surface area (Å²) in [6, 6.07) is 2.43. The van der Waals surface area contributed by atoms with Crippen LogP contribution < -0.4 is 5.32 Å². The Balaban J connectivity index is 2.93. The van der Waals surface area contributed by atoms with Crippen LogP contribution in [-0.2, 0) is 9.84 Å². The molecule has 0 saturated carbocycles. The second-order valence-corrected chi connectivity index (χ2v) is 5.95. The van der Waals surface area contributed by atoms with E-state index in [1.807, 2.05) is 6.92 Å². The van der Waals surface area contributed by atoms with Gasteiger partial charge in [-0.25, -0.2) is 17.2 Å². The SMILES string of the molecule is CNC(C)CCS(=O)(=O)c1cc(F)ccc1F. The van der Waals surface area contributed by atoms with E-state index in [9.17, 15) is 17.2 Å². The number of hydrogen-bond acceptors (Lipinski definition) is 3. The summed E-state index contributed by atoms with van der Waals surface area (Å²) >= 11 is 0. The summed E-state index contributed by atoms with van der Waals surface area (Å²) in [5.74, 6) is -1.88. The molecule has 0 saturated heterocycles. The standard InChI is InChI=1S/C11H15F2NO2S/c1-8(14-2)5-6-17(15,16)11-7-9(12)3-4-10(11)13/h3-4,7-8,14H,5-6H2,1-2H3. The van der Waals surface area contributed by atoms with Crippen molar-refractivity contribution >= 4 is 9.84 Å². The molecule has 1 aromatic rings. The van der Waals surface area contributed by atoms with Crippen molar-refractivity contribution in [3.05, 3.63) is 29.8 Å². The Hall–Kier alpha value is -1.01. The van der Waals surface area contributed by atoms with Gasteiger partial charge in [0.25, 0.3) is 0 Å². The predicted octanol–water partition coefficient (Wildman–Crippen LogP) is 1.74. The molecule has 0 aliphatic heterocycles. The molecule has 6 heteroatoms. The Kier molecular flexibility index (Phi) is 4.59. The summed E-state index contributed by atoms with van der Waals surface area (Å²) in [6.45, 7) is 1.82. The number of hydrogen-bond donors (Lipinski definition) is 1. The number of benzene rings is 1. The zero-order valence-corrected chi connectivity index (χ0v) is 10.5.